The smallest absolute Gasteiger partial charge is 0.349 e. The monoisotopic (exact) mass is 355 g/mol. The fourth-order valence-corrected chi connectivity index (χ4v) is 2.03. The minimum atomic E-state index is -1.44. The minimum Gasteiger partial charge on any atom is -0.503 e. The molecular formula is C16H15F2NO6. The average molecular weight is 355 g/mol. The van der Waals surface area contributed by atoms with E-state index in [2.05, 4.69) is 9.73 Å². The van der Waals surface area contributed by atoms with E-state index in [0.29, 0.717) is 0 Å². The molecule has 1 amide bonds. The van der Waals surface area contributed by atoms with E-state index in [9.17, 15) is 28.3 Å². The Morgan fingerprint density at radius 1 is 1.28 bits per heavy atom. The molecular weight excluding hydrogens is 340 g/mol. The standard InChI is InChI=1S/C16H15F2NO6/c1-16(2,15(23)24)3-4-19-13(21)8-5-7-6-9(17)11(20)10(18)12(7)25-14(8)22/h5-6,20H,3-4H2,1-2H3,(H,19,21)(H,23,24). The third kappa shape index (κ3) is 3.59. The number of amides is 1. The summed E-state index contributed by atoms with van der Waals surface area (Å²) in [5.74, 6) is -5.91. The molecule has 0 radical (unpaired) electrons. The summed E-state index contributed by atoms with van der Waals surface area (Å²) in [5, 5.41) is 20.3. The van der Waals surface area contributed by atoms with E-state index in [0.717, 1.165) is 12.1 Å². The Hall–Kier alpha value is -2.97. The minimum absolute atomic E-state index is 0.0338. The summed E-state index contributed by atoms with van der Waals surface area (Å²) in [7, 11) is 0. The van der Waals surface area contributed by atoms with Crippen molar-refractivity contribution in [3.63, 3.8) is 0 Å². The van der Waals surface area contributed by atoms with Crippen molar-refractivity contribution >= 4 is 22.8 Å². The van der Waals surface area contributed by atoms with Crippen LogP contribution < -0.4 is 10.9 Å². The molecule has 0 bridgehead atoms. The number of carboxylic acids is 1. The molecule has 1 aromatic heterocycles. The van der Waals surface area contributed by atoms with Gasteiger partial charge in [-0.1, -0.05) is 0 Å². The number of halogens is 2. The zero-order valence-corrected chi connectivity index (χ0v) is 13.4. The number of nitrogens with one attached hydrogen (secondary N) is 1. The Bertz CT molecular complexity index is 919. The predicted molar refractivity (Wildman–Crippen MR) is 82.4 cm³/mol. The third-order valence-corrected chi connectivity index (χ3v) is 3.75. The summed E-state index contributed by atoms with van der Waals surface area (Å²) < 4.78 is 31.7. The highest BCUT2D eigenvalue weighted by atomic mass is 19.1. The molecule has 0 atom stereocenters. The van der Waals surface area contributed by atoms with E-state index in [1.807, 2.05) is 0 Å². The molecule has 0 aliphatic carbocycles. The highest BCUT2D eigenvalue weighted by Gasteiger charge is 2.27. The number of fused-ring (bicyclic) bond motifs is 1. The Kier molecular flexibility index (Phi) is 4.78. The molecule has 0 aliphatic heterocycles. The first-order valence-corrected chi connectivity index (χ1v) is 7.21. The number of carbonyl (C=O) groups excluding carboxylic acids is 1. The summed E-state index contributed by atoms with van der Waals surface area (Å²) in [5.41, 5.74) is -3.42. The number of hydrogen-bond donors (Lipinski definition) is 3. The first-order chi connectivity index (χ1) is 11.5. The summed E-state index contributed by atoms with van der Waals surface area (Å²) in [6, 6.07) is 1.66. The highest BCUT2D eigenvalue weighted by molar-refractivity contribution is 5.96. The van der Waals surface area contributed by atoms with Gasteiger partial charge in [-0.25, -0.2) is 9.18 Å². The normalized spacial score (nSPS) is 11.5. The molecule has 3 N–H and O–H groups in total. The number of benzene rings is 1. The van der Waals surface area contributed by atoms with Gasteiger partial charge in [0, 0.05) is 11.9 Å². The van der Waals surface area contributed by atoms with Crippen molar-refractivity contribution in [3.8, 4) is 5.75 Å². The van der Waals surface area contributed by atoms with Crippen molar-refractivity contribution in [3.05, 3.63) is 39.8 Å². The molecule has 1 aromatic carbocycles. The fourth-order valence-electron chi connectivity index (χ4n) is 2.03. The van der Waals surface area contributed by atoms with E-state index in [-0.39, 0.29) is 18.4 Å². The Labute approximate surface area is 139 Å². The van der Waals surface area contributed by atoms with Crippen molar-refractivity contribution in [2.45, 2.75) is 20.3 Å². The highest BCUT2D eigenvalue weighted by Crippen LogP contribution is 2.28. The van der Waals surface area contributed by atoms with E-state index in [1.54, 1.807) is 0 Å². The van der Waals surface area contributed by atoms with Gasteiger partial charge in [-0.15, -0.1) is 0 Å². The fraction of sp³-hybridized carbons (Fsp3) is 0.312. The summed E-state index contributed by atoms with van der Waals surface area (Å²) in [4.78, 5) is 34.9. The first-order valence-electron chi connectivity index (χ1n) is 7.21. The van der Waals surface area contributed by atoms with Crippen molar-refractivity contribution in [2.75, 3.05) is 6.54 Å². The zero-order chi connectivity index (χ0) is 18.9. The molecule has 1 heterocycles. The largest absolute Gasteiger partial charge is 0.503 e. The number of hydrogen-bond acceptors (Lipinski definition) is 5. The van der Waals surface area contributed by atoms with Gasteiger partial charge in [0.05, 0.1) is 5.41 Å². The van der Waals surface area contributed by atoms with Gasteiger partial charge in [0.2, 0.25) is 5.82 Å². The summed E-state index contributed by atoms with van der Waals surface area (Å²) in [6.07, 6.45) is 0.101. The van der Waals surface area contributed by atoms with Crippen LogP contribution in [0.4, 0.5) is 8.78 Å². The summed E-state index contributed by atoms with van der Waals surface area (Å²) >= 11 is 0. The molecule has 7 nitrogen and oxygen atoms in total. The van der Waals surface area contributed by atoms with E-state index >= 15 is 0 Å². The number of carbonyl (C=O) groups is 2. The van der Waals surface area contributed by atoms with Crippen LogP contribution in [0.2, 0.25) is 0 Å². The topological polar surface area (TPSA) is 117 Å². The maximum Gasteiger partial charge on any atom is 0.349 e. The van der Waals surface area contributed by atoms with Crippen LogP contribution in [0.15, 0.2) is 21.3 Å². The van der Waals surface area contributed by atoms with Gasteiger partial charge in [-0.3, -0.25) is 9.59 Å². The zero-order valence-electron chi connectivity index (χ0n) is 13.4. The molecule has 2 aromatic rings. The van der Waals surface area contributed by atoms with Crippen molar-refractivity contribution in [1.82, 2.24) is 5.32 Å². The van der Waals surface area contributed by atoms with Crippen LogP contribution in [-0.4, -0.2) is 28.6 Å². The quantitative estimate of drug-likeness (QED) is 0.707. The lowest BCUT2D eigenvalue weighted by molar-refractivity contribution is -0.147. The Morgan fingerprint density at radius 3 is 2.52 bits per heavy atom. The molecule has 0 saturated carbocycles. The van der Waals surface area contributed by atoms with Gasteiger partial charge < -0.3 is 19.9 Å². The SMILES string of the molecule is CC(C)(CCNC(=O)c1cc2cc(F)c(O)c(F)c2oc1=O)C(=O)O. The van der Waals surface area contributed by atoms with Gasteiger partial charge in [0.25, 0.3) is 5.91 Å². The number of carboxylic acid groups (broad SMARTS) is 1. The van der Waals surface area contributed by atoms with E-state index in [1.165, 1.54) is 13.8 Å². The Balaban J connectivity index is 2.27. The second kappa shape index (κ2) is 6.50. The van der Waals surface area contributed by atoms with Crippen LogP contribution >= 0.6 is 0 Å². The second-order valence-electron chi connectivity index (χ2n) is 6.08. The first kappa shape index (κ1) is 18.4. The number of aliphatic carboxylic acids is 1. The number of phenols is 1. The molecule has 0 aliphatic rings. The van der Waals surface area contributed by atoms with Gasteiger partial charge in [-0.2, -0.15) is 4.39 Å². The van der Waals surface area contributed by atoms with Crippen LogP contribution in [0.25, 0.3) is 11.0 Å². The number of rotatable bonds is 5. The average Bonchev–Trinajstić information content (AvgIpc) is 2.52. The molecule has 0 saturated heterocycles. The number of aromatic hydroxyl groups is 1. The van der Waals surface area contributed by atoms with Crippen LogP contribution in [0.5, 0.6) is 5.75 Å². The molecule has 0 fully saturated rings. The maximum atomic E-state index is 13.7. The molecule has 0 unspecified atom stereocenters. The lowest BCUT2D eigenvalue weighted by atomic mass is 9.90. The second-order valence-corrected chi connectivity index (χ2v) is 6.08. The predicted octanol–water partition coefficient (Wildman–Crippen LogP) is 2.01. The molecule has 0 spiro atoms. The van der Waals surface area contributed by atoms with Gasteiger partial charge in [-0.05, 0) is 32.4 Å². The van der Waals surface area contributed by atoms with Crippen molar-refractivity contribution < 1.29 is 33.0 Å². The summed E-state index contributed by atoms with van der Waals surface area (Å²) in [6.45, 7) is 2.92. The van der Waals surface area contributed by atoms with E-state index in [4.69, 9.17) is 5.11 Å². The van der Waals surface area contributed by atoms with Gasteiger partial charge in [0.15, 0.2) is 17.1 Å². The van der Waals surface area contributed by atoms with E-state index < -0.39 is 51.4 Å². The molecule has 25 heavy (non-hydrogen) atoms. The third-order valence-electron chi connectivity index (χ3n) is 3.75. The van der Waals surface area contributed by atoms with Crippen LogP contribution in [-0.2, 0) is 4.79 Å². The maximum absolute atomic E-state index is 13.7. The lowest BCUT2D eigenvalue weighted by Crippen LogP contribution is -2.33. The number of phenolic OH excluding ortho intramolecular Hbond substituents is 1. The van der Waals surface area contributed by atoms with Crippen molar-refractivity contribution in [1.29, 1.82) is 0 Å². The van der Waals surface area contributed by atoms with Crippen LogP contribution in [0.3, 0.4) is 0 Å². The lowest BCUT2D eigenvalue weighted by Gasteiger charge is -2.18. The van der Waals surface area contributed by atoms with Gasteiger partial charge >= 0.3 is 11.6 Å². The van der Waals surface area contributed by atoms with Crippen molar-refractivity contribution in [2.24, 2.45) is 5.41 Å². The Morgan fingerprint density at radius 2 is 1.92 bits per heavy atom. The van der Waals surface area contributed by atoms with Crippen LogP contribution in [0.1, 0.15) is 30.6 Å². The molecule has 9 heteroatoms. The molecule has 134 valence electrons. The van der Waals surface area contributed by atoms with Gasteiger partial charge in [0.1, 0.15) is 5.56 Å². The van der Waals surface area contributed by atoms with Crippen LogP contribution in [0, 0.1) is 17.0 Å². The molecule has 2 rings (SSSR count).